The maximum atomic E-state index is 2.08. The first-order chi connectivity index (χ1) is 3.39. The monoisotopic (exact) mass is 248 g/mol. The predicted octanol–water partition coefficient (Wildman–Crippen LogP) is -0.908. The summed E-state index contributed by atoms with van der Waals surface area (Å²) in [6.07, 6.45) is 0. The van der Waals surface area contributed by atoms with Crippen molar-refractivity contribution in [2.24, 2.45) is 0 Å². The van der Waals surface area contributed by atoms with Gasteiger partial charge in [-0.25, -0.2) is 0 Å². The first kappa shape index (κ1) is 12.0. The van der Waals surface area contributed by atoms with Crippen LogP contribution in [0.3, 0.4) is 0 Å². The molecule has 0 heterocycles. The molecule has 0 radical (unpaired) electrons. The summed E-state index contributed by atoms with van der Waals surface area (Å²) >= 11 is 0. The van der Waals surface area contributed by atoms with E-state index in [1.807, 2.05) is 18.2 Å². The minimum atomic E-state index is 0. The van der Waals surface area contributed by atoms with Crippen molar-refractivity contribution in [3.63, 3.8) is 0 Å². The standard InChI is InChI=1S/C7H8.2GeH4/c1-7-5-3-2-4-6-7;;/h2-6H,1H3;2*1H4. The summed E-state index contributed by atoms with van der Waals surface area (Å²) in [7, 11) is 0. The molecule has 0 saturated heterocycles. The quantitative estimate of drug-likeness (QED) is 0.519. The average molecular weight is 245 g/mol. The van der Waals surface area contributed by atoms with Crippen molar-refractivity contribution in [2.45, 2.75) is 6.92 Å². The Morgan fingerprint density at radius 2 is 1.33 bits per heavy atom. The minimum absolute atomic E-state index is 0. The number of aryl methyl sites for hydroxylation is 1. The Balaban J connectivity index is 0. The molecule has 0 nitrogen and oxygen atoms in total. The van der Waals surface area contributed by atoms with Crippen molar-refractivity contribution in [3.8, 4) is 0 Å². The molecule has 1 aromatic carbocycles. The molecule has 1 aromatic rings. The van der Waals surface area contributed by atoms with Gasteiger partial charge in [-0.15, -0.1) is 0 Å². The molecule has 0 unspecified atom stereocenters. The van der Waals surface area contributed by atoms with Crippen molar-refractivity contribution >= 4 is 35.2 Å². The molecule has 0 N–H and O–H groups in total. The van der Waals surface area contributed by atoms with Gasteiger partial charge in [0.2, 0.25) is 0 Å². The predicted molar refractivity (Wildman–Crippen MR) is 53.8 cm³/mol. The number of hydrogen-bond acceptors (Lipinski definition) is 0. The molecule has 0 fully saturated rings. The fourth-order valence-corrected chi connectivity index (χ4v) is 0.534. The van der Waals surface area contributed by atoms with Gasteiger partial charge in [-0.05, 0) is 6.92 Å². The van der Waals surface area contributed by atoms with Gasteiger partial charge in [0.25, 0.3) is 0 Å². The van der Waals surface area contributed by atoms with Gasteiger partial charge in [-0.3, -0.25) is 0 Å². The molecule has 52 valence electrons. The van der Waals surface area contributed by atoms with E-state index < -0.39 is 0 Å². The van der Waals surface area contributed by atoms with Crippen LogP contribution in [0.2, 0.25) is 0 Å². The van der Waals surface area contributed by atoms with Gasteiger partial charge in [0, 0.05) is 0 Å². The zero-order valence-electron chi connectivity index (χ0n) is 4.39. The molecule has 1 rings (SSSR count). The van der Waals surface area contributed by atoms with Crippen LogP contribution in [0.5, 0.6) is 0 Å². The molecular weight excluding hydrogens is 229 g/mol. The van der Waals surface area contributed by atoms with Crippen LogP contribution in [0.4, 0.5) is 0 Å². The van der Waals surface area contributed by atoms with E-state index >= 15 is 0 Å². The Morgan fingerprint density at radius 3 is 1.56 bits per heavy atom. The van der Waals surface area contributed by atoms with E-state index in [9.17, 15) is 0 Å². The molecule has 0 aromatic heterocycles. The SMILES string of the molecule is Cc1ccccc1.[GeH4].[GeH4]. The molecule has 2 heteroatoms. The first-order valence-electron chi connectivity index (χ1n) is 2.41. The van der Waals surface area contributed by atoms with E-state index in [0.717, 1.165) is 0 Å². The van der Waals surface area contributed by atoms with E-state index in [-0.39, 0.29) is 35.2 Å². The molecule has 0 aliphatic heterocycles. The van der Waals surface area contributed by atoms with Crippen LogP contribution in [-0.2, 0) is 0 Å². The summed E-state index contributed by atoms with van der Waals surface area (Å²) in [4.78, 5) is 0. The molecule has 0 spiro atoms. The third-order valence-electron chi connectivity index (χ3n) is 0.940. The average Bonchev–Trinajstić information content (AvgIpc) is 1.69. The Bertz CT molecular complexity index is 137. The molecule has 0 bridgehead atoms. The Morgan fingerprint density at radius 1 is 0.889 bits per heavy atom. The summed E-state index contributed by atoms with van der Waals surface area (Å²) in [6.45, 7) is 2.08. The van der Waals surface area contributed by atoms with Crippen LogP contribution in [0, 0.1) is 6.92 Å². The Labute approximate surface area is 78.0 Å². The Kier molecular flexibility index (Phi) is 8.59. The first-order valence-corrected chi connectivity index (χ1v) is 2.41. The summed E-state index contributed by atoms with van der Waals surface area (Å²) in [5.74, 6) is 0. The van der Waals surface area contributed by atoms with Crippen molar-refractivity contribution < 1.29 is 0 Å². The molecule has 0 aliphatic carbocycles. The van der Waals surface area contributed by atoms with Crippen LogP contribution < -0.4 is 0 Å². The van der Waals surface area contributed by atoms with E-state index in [4.69, 9.17) is 0 Å². The number of hydrogen-bond donors (Lipinski definition) is 0. The third kappa shape index (κ3) is 4.79. The normalized spacial score (nSPS) is 6.78. The van der Waals surface area contributed by atoms with Gasteiger partial charge in [-0.1, -0.05) is 35.9 Å². The van der Waals surface area contributed by atoms with Crippen molar-refractivity contribution in [3.05, 3.63) is 35.9 Å². The molecule has 0 amide bonds. The second-order valence-electron chi connectivity index (χ2n) is 1.65. The molecular formula is C7H16Ge2. The van der Waals surface area contributed by atoms with Gasteiger partial charge in [0.1, 0.15) is 0 Å². The van der Waals surface area contributed by atoms with Crippen LogP contribution in [0.15, 0.2) is 30.3 Å². The summed E-state index contributed by atoms with van der Waals surface area (Å²) in [5, 5.41) is 0. The van der Waals surface area contributed by atoms with Crippen LogP contribution in [0.1, 0.15) is 5.56 Å². The van der Waals surface area contributed by atoms with Gasteiger partial charge >= 0.3 is 35.2 Å². The van der Waals surface area contributed by atoms with Crippen molar-refractivity contribution in [1.29, 1.82) is 0 Å². The van der Waals surface area contributed by atoms with Gasteiger partial charge in [0.15, 0.2) is 0 Å². The molecule has 0 saturated carbocycles. The van der Waals surface area contributed by atoms with Crippen LogP contribution in [-0.4, -0.2) is 35.2 Å². The van der Waals surface area contributed by atoms with E-state index in [0.29, 0.717) is 0 Å². The van der Waals surface area contributed by atoms with Gasteiger partial charge in [0.05, 0.1) is 0 Å². The fraction of sp³-hybridized carbons (Fsp3) is 0.143. The molecule has 0 aliphatic rings. The Hall–Kier alpha value is 0.306. The maximum absolute atomic E-state index is 2.08. The van der Waals surface area contributed by atoms with E-state index in [2.05, 4.69) is 19.1 Å². The summed E-state index contributed by atoms with van der Waals surface area (Å²) < 4.78 is 0. The second-order valence-corrected chi connectivity index (χ2v) is 1.65. The molecule has 0 atom stereocenters. The summed E-state index contributed by atoms with van der Waals surface area (Å²) in [6, 6.07) is 10.3. The third-order valence-corrected chi connectivity index (χ3v) is 0.940. The van der Waals surface area contributed by atoms with E-state index in [1.54, 1.807) is 0 Å². The summed E-state index contributed by atoms with van der Waals surface area (Å²) in [5.41, 5.74) is 1.32. The van der Waals surface area contributed by atoms with Crippen LogP contribution in [0.25, 0.3) is 0 Å². The van der Waals surface area contributed by atoms with E-state index in [1.165, 1.54) is 5.56 Å². The molecule has 9 heavy (non-hydrogen) atoms. The number of rotatable bonds is 0. The van der Waals surface area contributed by atoms with Crippen molar-refractivity contribution in [2.75, 3.05) is 0 Å². The fourth-order valence-electron chi connectivity index (χ4n) is 0.534. The van der Waals surface area contributed by atoms with Crippen molar-refractivity contribution in [1.82, 2.24) is 0 Å². The van der Waals surface area contributed by atoms with Crippen LogP contribution >= 0.6 is 0 Å². The number of benzene rings is 1. The second kappa shape index (κ2) is 6.43. The van der Waals surface area contributed by atoms with Gasteiger partial charge in [-0.2, -0.15) is 0 Å². The zero-order valence-corrected chi connectivity index (χ0v) is 4.39. The topological polar surface area (TPSA) is 0 Å². The zero-order chi connectivity index (χ0) is 5.11. The van der Waals surface area contributed by atoms with Gasteiger partial charge < -0.3 is 0 Å².